The number of likely N-dealkylation sites (tertiary alicyclic amines) is 1. The zero-order valence-electron chi connectivity index (χ0n) is 16.2. The van der Waals surface area contributed by atoms with Crippen molar-refractivity contribution >= 4 is 5.96 Å². The largest absolute Gasteiger partial charge is 0.396 e. The summed E-state index contributed by atoms with van der Waals surface area (Å²) < 4.78 is 0. The number of hydrogen-bond donors (Lipinski definition) is 3. The van der Waals surface area contributed by atoms with E-state index in [0.29, 0.717) is 5.92 Å². The predicted molar refractivity (Wildman–Crippen MR) is 104 cm³/mol. The average Bonchev–Trinajstić information content (AvgIpc) is 2.56. The van der Waals surface area contributed by atoms with Crippen molar-refractivity contribution in [1.29, 1.82) is 0 Å². The molecule has 0 aromatic rings. The maximum absolute atomic E-state index is 9.16. The number of rotatable bonds is 11. The fourth-order valence-corrected chi connectivity index (χ4v) is 3.48. The predicted octanol–water partition coefficient (Wildman–Crippen LogP) is 2.46. The standard InChI is InChI=1S/C19H40N4O/c1-4-8-18(10-14-24)15-22-19(20-5-2)21-11-7-13-23-12-6-9-17(3)16-23/h17-18,24H,4-16H2,1-3H3,(H2,20,21,22). The van der Waals surface area contributed by atoms with E-state index >= 15 is 0 Å². The lowest BCUT2D eigenvalue weighted by Crippen LogP contribution is -2.40. The van der Waals surface area contributed by atoms with Crippen molar-refractivity contribution < 1.29 is 5.11 Å². The van der Waals surface area contributed by atoms with E-state index in [0.717, 1.165) is 57.2 Å². The zero-order valence-corrected chi connectivity index (χ0v) is 16.2. The van der Waals surface area contributed by atoms with Crippen molar-refractivity contribution in [3.63, 3.8) is 0 Å². The molecule has 142 valence electrons. The summed E-state index contributed by atoms with van der Waals surface area (Å²) in [7, 11) is 0. The first kappa shape index (κ1) is 21.2. The van der Waals surface area contributed by atoms with Gasteiger partial charge in [-0.3, -0.25) is 4.99 Å². The number of aliphatic hydroxyl groups is 1. The second kappa shape index (κ2) is 13.5. The monoisotopic (exact) mass is 340 g/mol. The van der Waals surface area contributed by atoms with E-state index in [4.69, 9.17) is 10.1 Å². The van der Waals surface area contributed by atoms with E-state index in [9.17, 15) is 0 Å². The lowest BCUT2D eigenvalue weighted by molar-refractivity contribution is 0.182. The molecule has 1 aliphatic heterocycles. The van der Waals surface area contributed by atoms with Crippen LogP contribution in [-0.4, -0.2) is 61.8 Å². The molecular formula is C19H40N4O. The molecule has 2 atom stereocenters. The van der Waals surface area contributed by atoms with E-state index < -0.39 is 0 Å². The van der Waals surface area contributed by atoms with Crippen molar-refractivity contribution in [3.8, 4) is 0 Å². The number of aliphatic hydroxyl groups excluding tert-OH is 1. The maximum Gasteiger partial charge on any atom is 0.191 e. The third-order valence-electron chi connectivity index (χ3n) is 4.77. The van der Waals surface area contributed by atoms with Crippen LogP contribution in [0.1, 0.15) is 59.3 Å². The Hall–Kier alpha value is -0.810. The highest BCUT2D eigenvalue weighted by Crippen LogP contribution is 2.15. The summed E-state index contributed by atoms with van der Waals surface area (Å²) in [5.41, 5.74) is 0. The Labute approximate surface area is 149 Å². The van der Waals surface area contributed by atoms with Crippen LogP contribution in [0.5, 0.6) is 0 Å². The molecule has 0 bridgehead atoms. The van der Waals surface area contributed by atoms with Crippen molar-refractivity contribution in [2.75, 3.05) is 45.9 Å². The number of hydrogen-bond acceptors (Lipinski definition) is 3. The zero-order chi connectivity index (χ0) is 17.6. The average molecular weight is 341 g/mol. The van der Waals surface area contributed by atoms with E-state index in [1.165, 1.54) is 32.5 Å². The summed E-state index contributed by atoms with van der Waals surface area (Å²) in [6.07, 6.45) is 7.03. The van der Waals surface area contributed by atoms with Crippen molar-refractivity contribution in [1.82, 2.24) is 15.5 Å². The molecule has 1 heterocycles. The number of nitrogens with one attached hydrogen (secondary N) is 2. The van der Waals surface area contributed by atoms with Gasteiger partial charge in [-0.15, -0.1) is 0 Å². The van der Waals surface area contributed by atoms with Crippen LogP contribution in [0.15, 0.2) is 4.99 Å². The molecule has 24 heavy (non-hydrogen) atoms. The molecule has 0 spiro atoms. The fraction of sp³-hybridized carbons (Fsp3) is 0.947. The third kappa shape index (κ3) is 9.48. The molecule has 0 radical (unpaired) electrons. The van der Waals surface area contributed by atoms with E-state index in [1.807, 2.05) is 0 Å². The third-order valence-corrected chi connectivity index (χ3v) is 4.77. The van der Waals surface area contributed by atoms with Crippen LogP contribution in [0.2, 0.25) is 0 Å². The minimum Gasteiger partial charge on any atom is -0.396 e. The Morgan fingerprint density at radius 3 is 2.79 bits per heavy atom. The van der Waals surface area contributed by atoms with E-state index in [-0.39, 0.29) is 6.61 Å². The summed E-state index contributed by atoms with van der Waals surface area (Å²) >= 11 is 0. The topological polar surface area (TPSA) is 59.9 Å². The van der Waals surface area contributed by atoms with Crippen LogP contribution >= 0.6 is 0 Å². The van der Waals surface area contributed by atoms with E-state index in [2.05, 4.69) is 36.3 Å². The molecule has 1 rings (SSSR count). The highest BCUT2D eigenvalue weighted by atomic mass is 16.3. The van der Waals surface area contributed by atoms with Gasteiger partial charge in [0.25, 0.3) is 0 Å². The molecule has 5 nitrogen and oxygen atoms in total. The van der Waals surface area contributed by atoms with Crippen molar-refractivity contribution in [2.45, 2.75) is 59.3 Å². The fourth-order valence-electron chi connectivity index (χ4n) is 3.48. The Morgan fingerprint density at radius 2 is 2.12 bits per heavy atom. The Balaban J connectivity index is 2.29. The second-order valence-corrected chi connectivity index (χ2v) is 7.21. The SMILES string of the molecule is CCCC(CCO)CN=C(NCC)NCCCN1CCCC(C)C1. The van der Waals surface area contributed by atoms with Gasteiger partial charge in [0.1, 0.15) is 0 Å². The lowest BCUT2D eigenvalue weighted by atomic mass is 10.0. The summed E-state index contributed by atoms with van der Waals surface area (Å²) in [6, 6.07) is 0. The molecule has 0 aromatic heterocycles. The summed E-state index contributed by atoms with van der Waals surface area (Å²) in [6.45, 7) is 13.3. The molecule has 0 aromatic carbocycles. The smallest absolute Gasteiger partial charge is 0.191 e. The van der Waals surface area contributed by atoms with Gasteiger partial charge in [0, 0.05) is 32.8 Å². The Bertz CT molecular complexity index is 329. The quantitative estimate of drug-likeness (QED) is 0.307. The van der Waals surface area contributed by atoms with Crippen LogP contribution in [0.3, 0.4) is 0 Å². The summed E-state index contributed by atoms with van der Waals surface area (Å²) in [4.78, 5) is 7.31. The molecule has 1 saturated heterocycles. The molecule has 3 N–H and O–H groups in total. The van der Waals surface area contributed by atoms with Gasteiger partial charge in [0.05, 0.1) is 0 Å². The molecule has 0 saturated carbocycles. The van der Waals surface area contributed by atoms with Gasteiger partial charge in [0.15, 0.2) is 5.96 Å². The van der Waals surface area contributed by atoms with Crippen LogP contribution in [0, 0.1) is 11.8 Å². The van der Waals surface area contributed by atoms with Crippen LogP contribution < -0.4 is 10.6 Å². The van der Waals surface area contributed by atoms with Gasteiger partial charge in [0.2, 0.25) is 0 Å². The number of piperidine rings is 1. The normalized spacial score (nSPS) is 20.8. The molecule has 0 amide bonds. The Kier molecular flexibility index (Phi) is 11.9. The highest BCUT2D eigenvalue weighted by molar-refractivity contribution is 5.79. The number of aliphatic imine (C=N–C) groups is 1. The maximum atomic E-state index is 9.16. The molecule has 1 aliphatic rings. The van der Waals surface area contributed by atoms with Crippen LogP contribution in [0.25, 0.3) is 0 Å². The molecule has 1 fully saturated rings. The minimum atomic E-state index is 0.262. The van der Waals surface area contributed by atoms with Gasteiger partial charge in [-0.1, -0.05) is 20.3 Å². The minimum absolute atomic E-state index is 0.262. The second-order valence-electron chi connectivity index (χ2n) is 7.21. The number of nitrogens with zero attached hydrogens (tertiary/aromatic N) is 2. The molecule has 0 aliphatic carbocycles. The molecular weight excluding hydrogens is 300 g/mol. The Morgan fingerprint density at radius 1 is 1.29 bits per heavy atom. The number of guanidine groups is 1. The van der Waals surface area contributed by atoms with Gasteiger partial charge < -0.3 is 20.6 Å². The van der Waals surface area contributed by atoms with Gasteiger partial charge in [-0.25, -0.2) is 0 Å². The molecule has 2 unspecified atom stereocenters. The first-order valence-electron chi connectivity index (χ1n) is 10.0. The highest BCUT2D eigenvalue weighted by Gasteiger charge is 2.15. The van der Waals surface area contributed by atoms with Crippen LogP contribution in [-0.2, 0) is 0 Å². The van der Waals surface area contributed by atoms with Gasteiger partial charge >= 0.3 is 0 Å². The molecule has 5 heteroatoms. The summed E-state index contributed by atoms with van der Waals surface area (Å²) in [5, 5.41) is 16.0. The summed E-state index contributed by atoms with van der Waals surface area (Å²) in [5.74, 6) is 2.27. The first-order valence-corrected chi connectivity index (χ1v) is 10.0. The van der Waals surface area contributed by atoms with Gasteiger partial charge in [-0.2, -0.15) is 0 Å². The van der Waals surface area contributed by atoms with E-state index in [1.54, 1.807) is 0 Å². The lowest BCUT2D eigenvalue weighted by Gasteiger charge is -2.30. The van der Waals surface area contributed by atoms with Crippen molar-refractivity contribution in [3.05, 3.63) is 0 Å². The van der Waals surface area contributed by atoms with Gasteiger partial charge in [-0.05, 0) is 64.0 Å². The first-order chi connectivity index (χ1) is 11.7. The van der Waals surface area contributed by atoms with Crippen molar-refractivity contribution in [2.24, 2.45) is 16.8 Å². The van der Waals surface area contributed by atoms with Crippen LogP contribution in [0.4, 0.5) is 0 Å².